The molecule has 5 rings (SSSR count). The van der Waals surface area contributed by atoms with Crippen LogP contribution in [0.25, 0.3) is 22.4 Å². The van der Waals surface area contributed by atoms with Crippen molar-refractivity contribution in [2.45, 2.75) is 31.5 Å². The lowest BCUT2D eigenvalue weighted by atomic mass is 9.85. The number of rotatable bonds is 6. The number of aryl methyl sites for hydroxylation is 1. The van der Waals surface area contributed by atoms with Gasteiger partial charge in [-0.2, -0.15) is 13.2 Å². The summed E-state index contributed by atoms with van der Waals surface area (Å²) >= 11 is 0. The highest BCUT2D eigenvalue weighted by Crippen LogP contribution is 2.35. The molecule has 0 bridgehead atoms. The summed E-state index contributed by atoms with van der Waals surface area (Å²) < 4.78 is 47.7. The molecule has 3 heterocycles. The molecule has 8 nitrogen and oxygen atoms in total. The van der Waals surface area contributed by atoms with Gasteiger partial charge in [-0.05, 0) is 49.2 Å². The van der Waals surface area contributed by atoms with E-state index in [2.05, 4.69) is 15.3 Å². The number of fused-ring (bicyclic) bond motifs is 1. The zero-order valence-corrected chi connectivity index (χ0v) is 19.2. The zero-order chi connectivity index (χ0) is 25.4. The fraction of sp³-hybridized carbons (Fsp3) is 0.280. The van der Waals surface area contributed by atoms with Crippen molar-refractivity contribution >= 4 is 28.5 Å². The van der Waals surface area contributed by atoms with E-state index in [4.69, 9.17) is 4.42 Å². The second-order valence-electron chi connectivity index (χ2n) is 8.70. The topological polar surface area (TPSA) is 102 Å². The van der Waals surface area contributed by atoms with Crippen LogP contribution in [0.5, 0.6) is 0 Å². The smallest absolute Gasteiger partial charge is 0.415 e. The highest BCUT2D eigenvalue weighted by molar-refractivity contribution is 6.06. The maximum Gasteiger partial charge on any atom is 0.415 e. The maximum absolute atomic E-state index is 13.7. The minimum Gasteiger partial charge on any atom is -0.467 e. The standard InChI is InChI=1S/C25H22F3N5O3/c1-33-20-17(30-22(33)14-7-9-29-10-8-14)12-16(13-18(20)31-23(34)15-4-2-5-15)24(35)32-21(25(26,27)28)19-6-3-11-36-19/h3,6-13,15,21H,2,4-5H2,1H3,(H,31,34)(H,32,35). The number of hydrogen-bond donors (Lipinski definition) is 2. The predicted molar refractivity (Wildman–Crippen MR) is 125 cm³/mol. The summed E-state index contributed by atoms with van der Waals surface area (Å²) in [5.74, 6) is -1.21. The SMILES string of the molecule is Cn1c(-c2ccncc2)nc2cc(C(=O)NC(c3ccco3)C(F)(F)F)cc(NC(=O)C3CCC3)c21. The van der Waals surface area contributed by atoms with Gasteiger partial charge in [0, 0.05) is 36.5 Å². The first-order chi connectivity index (χ1) is 17.2. The van der Waals surface area contributed by atoms with Crippen LogP contribution in [0.2, 0.25) is 0 Å². The molecule has 2 N–H and O–H groups in total. The zero-order valence-electron chi connectivity index (χ0n) is 19.2. The van der Waals surface area contributed by atoms with Gasteiger partial charge in [-0.3, -0.25) is 14.6 Å². The third-order valence-electron chi connectivity index (χ3n) is 6.33. The number of amides is 2. The van der Waals surface area contributed by atoms with Crippen LogP contribution in [0.4, 0.5) is 18.9 Å². The van der Waals surface area contributed by atoms with E-state index >= 15 is 0 Å². The summed E-state index contributed by atoms with van der Waals surface area (Å²) in [7, 11) is 1.76. The van der Waals surface area contributed by atoms with Gasteiger partial charge in [0.05, 0.1) is 23.0 Å². The Kier molecular flexibility index (Phi) is 5.99. The second-order valence-corrected chi connectivity index (χ2v) is 8.70. The highest BCUT2D eigenvalue weighted by atomic mass is 19.4. The molecule has 4 aromatic rings. The largest absolute Gasteiger partial charge is 0.467 e. The highest BCUT2D eigenvalue weighted by Gasteiger charge is 2.44. The van der Waals surface area contributed by atoms with E-state index in [1.807, 2.05) is 5.32 Å². The lowest BCUT2D eigenvalue weighted by Gasteiger charge is -2.24. The molecule has 0 saturated heterocycles. The van der Waals surface area contributed by atoms with Crippen LogP contribution in [0, 0.1) is 5.92 Å². The lowest BCUT2D eigenvalue weighted by Crippen LogP contribution is -2.38. The Balaban J connectivity index is 1.57. The lowest BCUT2D eigenvalue weighted by molar-refractivity contribution is -0.159. The fourth-order valence-corrected chi connectivity index (χ4v) is 4.23. The average Bonchev–Trinajstić information content (AvgIpc) is 3.44. The normalized spacial score (nSPS) is 14.9. The fourth-order valence-electron chi connectivity index (χ4n) is 4.23. The summed E-state index contributed by atoms with van der Waals surface area (Å²) in [6, 6.07) is 6.43. The molecule has 1 unspecified atom stereocenters. The van der Waals surface area contributed by atoms with Gasteiger partial charge >= 0.3 is 6.18 Å². The van der Waals surface area contributed by atoms with Gasteiger partial charge in [0.25, 0.3) is 5.91 Å². The Hall–Kier alpha value is -4.15. The Morgan fingerprint density at radius 2 is 1.92 bits per heavy atom. The monoisotopic (exact) mass is 497 g/mol. The molecule has 11 heteroatoms. The van der Waals surface area contributed by atoms with Crippen LogP contribution in [0.3, 0.4) is 0 Å². The average molecular weight is 497 g/mol. The minimum absolute atomic E-state index is 0.0772. The van der Waals surface area contributed by atoms with Crippen molar-refractivity contribution in [3.8, 4) is 11.4 Å². The van der Waals surface area contributed by atoms with Gasteiger partial charge in [0.15, 0.2) is 6.04 Å². The first-order valence-corrected chi connectivity index (χ1v) is 11.3. The van der Waals surface area contributed by atoms with Gasteiger partial charge in [-0.1, -0.05) is 6.42 Å². The maximum atomic E-state index is 13.7. The number of pyridine rings is 1. The Bertz CT molecular complexity index is 1410. The van der Waals surface area contributed by atoms with E-state index < -0.39 is 23.9 Å². The number of nitrogens with one attached hydrogen (secondary N) is 2. The first kappa shape index (κ1) is 23.6. The van der Waals surface area contributed by atoms with Crippen molar-refractivity contribution in [2.24, 2.45) is 13.0 Å². The molecule has 1 aliphatic carbocycles. The van der Waals surface area contributed by atoms with Crippen molar-refractivity contribution in [3.63, 3.8) is 0 Å². The van der Waals surface area contributed by atoms with Crippen molar-refractivity contribution in [3.05, 3.63) is 66.4 Å². The van der Waals surface area contributed by atoms with Crippen molar-refractivity contribution in [1.82, 2.24) is 19.9 Å². The molecule has 1 aromatic carbocycles. The van der Waals surface area contributed by atoms with Gasteiger partial charge < -0.3 is 19.6 Å². The molecule has 1 aliphatic rings. The molecule has 2 amide bonds. The number of imidazole rings is 1. The van der Waals surface area contributed by atoms with Crippen molar-refractivity contribution in [1.29, 1.82) is 0 Å². The Morgan fingerprint density at radius 3 is 2.53 bits per heavy atom. The molecule has 1 fully saturated rings. The Labute approximate surface area is 203 Å². The third kappa shape index (κ3) is 4.43. The number of nitrogens with zero attached hydrogens (tertiary/aromatic N) is 3. The van der Waals surface area contributed by atoms with E-state index in [1.165, 1.54) is 18.2 Å². The number of furan rings is 1. The third-order valence-corrected chi connectivity index (χ3v) is 6.33. The van der Waals surface area contributed by atoms with Crippen LogP contribution in [-0.4, -0.2) is 32.5 Å². The minimum atomic E-state index is -4.78. The van der Waals surface area contributed by atoms with E-state index in [0.29, 0.717) is 22.5 Å². The van der Waals surface area contributed by atoms with Gasteiger partial charge in [0.1, 0.15) is 11.6 Å². The Morgan fingerprint density at radius 1 is 1.17 bits per heavy atom. The molecule has 36 heavy (non-hydrogen) atoms. The molecule has 1 atom stereocenters. The molecule has 1 saturated carbocycles. The van der Waals surface area contributed by atoms with E-state index in [-0.39, 0.29) is 17.4 Å². The van der Waals surface area contributed by atoms with Gasteiger partial charge in [-0.25, -0.2) is 4.98 Å². The number of benzene rings is 1. The summed E-state index contributed by atoms with van der Waals surface area (Å²) in [5, 5.41) is 4.87. The van der Waals surface area contributed by atoms with E-state index in [0.717, 1.165) is 37.2 Å². The number of aromatic nitrogens is 3. The predicted octanol–water partition coefficient (Wildman–Crippen LogP) is 5.00. The van der Waals surface area contributed by atoms with Crippen LogP contribution < -0.4 is 10.6 Å². The number of hydrogen-bond acceptors (Lipinski definition) is 5. The second kappa shape index (κ2) is 9.14. The molecule has 0 aliphatic heterocycles. The number of halogens is 3. The summed E-state index contributed by atoms with van der Waals surface area (Å²) in [4.78, 5) is 34.4. The molecule has 186 valence electrons. The molecule has 3 aromatic heterocycles. The molecular formula is C25H22F3N5O3. The number of alkyl halides is 3. The van der Waals surface area contributed by atoms with Crippen LogP contribution >= 0.6 is 0 Å². The van der Waals surface area contributed by atoms with E-state index in [9.17, 15) is 22.8 Å². The first-order valence-electron chi connectivity index (χ1n) is 11.3. The number of carbonyl (C=O) groups is 2. The summed E-state index contributed by atoms with van der Waals surface area (Å²) in [6.07, 6.45) is 2.03. The quantitative estimate of drug-likeness (QED) is 0.390. The molecule has 0 radical (unpaired) electrons. The van der Waals surface area contributed by atoms with Gasteiger partial charge in [0.2, 0.25) is 5.91 Å². The molecular weight excluding hydrogens is 475 g/mol. The van der Waals surface area contributed by atoms with Crippen molar-refractivity contribution in [2.75, 3.05) is 5.32 Å². The summed E-state index contributed by atoms with van der Waals surface area (Å²) in [5.41, 5.74) is 1.87. The number of carbonyl (C=O) groups excluding carboxylic acids is 2. The van der Waals surface area contributed by atoms with Gasteiger partial charge in [-0.15, -0.1) is 0 Å². The van der Waals surface area contributed by atoms with Crippen LogP contribution in [0.15, 0.2) is 59.5 Å². The van der Waals surface area contributed by atoms with Crippen LogP contribution in [0.1, 0.15) is 41.4 Å². The number of anilines is 1. The van der Waals surface area contributed by atoms with Crippen molar-refractivity contribution < 1.29 is 27.2 Å². The van der Waals surface area contributed by atoms with E-state index in [1.54, 1.807) is 36.1 Å². The molecule has 0 spiro atoms. The van der Waals surface area contributed by atoms with Crippen LogP contribution in [-0.2, 0) is 11.8 Å². The summed E-state index contributed by atoms with van der Waals surface area (Å²) in [6.45, 7) is 0.